The monoisotopic (exact) mass is 430 g/mol. The van der Waals surface area contributed by atoms with Gasteiger partial charge in [-0.15, -0.1) is 0 Å². The first-order chi connectivity index (χ1) is 15.0. The number of morpholine rings is 1. The first-order valence-electron chi connectivity index (χ1n) is 10.1. The first kappa shape index (κ1) is 22.7. The summed E-state index contributed by atoms with van der Waals surface area (Å²) in [7, 11) is 3.15. The number of hydrogen-bond acceptors (Lipinski definition) is 5. The fraction of sp³-hybridized carbons (Fsp3) is 0.391. The van der Waals surface area contributed by atoms with Crippen molar-refractivity contribution in [3.63, 3.8) is 0 Å². The summed E-state index contributed by atoms with van der Waals surface area (Å²) in [4.78, 5) is 29.2. The van der Waals surface area contributed by atoms with Gasteiger partial charge >= 0.3 is 0 Å². The van der Waals surface area contributed by atoms with Crippen LogP contribution in [0.3, 0.4) is 0 Å². The maximum Gasteiger partial charge on any atom is 0.254 e. The number of methoxy groups -OCH3 is 2. The van der Waals surface area contributed by atoms with Crippen LogP contribution in [-0.4, -0.2) is 81.3 Å². The van der Waals surface area contributed by atoms with E-state index in [9.17, 15) is 14.0 Å². The van der Waals surface area contributed by atoms with Crippen LogP contribution in [-0.2, 0) is 9.47 Å². The van der Waals surface area contributed by atoms with Crippen LogP contribution in [0.25, 0.3) is 0 Å². The molecule has 0 N–H and O–H groups in total. The van der Waals surface area contributed by atoms with E-state index in [1.54, 1.807) is 48.3 Å². The van der Waals surface area contributed by atoms with E-state index >= 15 is 0 Å². The quantitative estimate of drug-likeness (QED) is 0.644. The third kappa shape index (κ3) is 6.02. The van der Waals surface area contributed by atoms with Gasteiger partial charge in [-0.05, 0) is 48.5 Å². The van der Waals surface area contributed by atoms with Crippen molar-refractivity contribution in [3.8, 4) is 5.75 Å². The second kappa shape index (κ2) is 10.9. The standard InChI is InChI=1S/C23H27FN2O5/c1-29-13-11-25(23(28)18-5-9-20(30-2)10-6-18)15-21-16-26(12-14-31-21)22(27)17-3-7-19(24)8-4-17/h3-10,21H,11-16H2,1-2H3. The summed E-state index contributed by atoms with van der Waals surface area (Å²) in [5, 5.41) is 0. The van der Waals surface area contributed by atoms with Crippen molar-refractivity contribution < 1.29 is 28.2 Å². The minimum Gasteiger partial charge on any atom is -0.497 e. The number of carbonyl (C=O) groups excluding carboxylic acids is 2. The molecule has 0 radical (unpaired) electrons. The maximum atomic E-state index is 13.2. The van der Waals surface area contributed by atoms with Gasteiger partial charge in [0.05, 0.1) is 26.4 Å². The minimum absolute atomic E-state index is 0.148. The zero-order valence-electron chi connectivity index (χ0n) is 17.8. The van der Waals surface area contributed by atoms with Gasteiger partial charge in [-0.1, -0.05) is 0 Å². The lowest BCUT2D eigenvalue weighted by atomic mass is 10.1. The van der Waals surface area contributed by atoms with Crippen LogP contribution in [0, 0.1) is 5.82 Å². The Hall–Kier alpha value is -2.97. The van der Waals surface area contributed by atoms with Gasteiger partial charge in [-0.25, -0.2) is 4.39 Å². The molecule has 1 atom stereocenters. The van der Waals surface area contributed by atoms with Crippen LogP contribution < -0.4 is 4.74 Å². The highest BCUT2D eigenvalue weighted by molar-refractivity contribution is 5.95. The highest BCUT2D eigenvalue weighted by Gasteiger charge is 2.28. The molecule has 1 heterocycles. The van der Waals surface area contributed by atoms with E-state index in [-0.39, 0.29) is 23.7 Å². The second-order valence-corrected chi connectivity index (χ2v) is 7.22. The number of nitrogens with zero attached hydrogens (tertiary/aromatic N) is 2. The molecule has 8 heteroatoms. The molecule has 0 spiro atoms. The Kier molecular flexibility index (Phi) is 7.97. The zero-order chi connectivity index (χ0) is 22.2. The molecule has 2 amide bonds. The van der Waals surface area contributed by atoms with Crippen LogP contribution in [0.2, 0.25) is 0 Å². The van der Waals surface area contributed by atoms with E-state index in [4.69, 9.17) is 14.2 Å². The van der Waals surface area contributed by atoms with Crippen molar-refractivity contribution in [2.75, 3.05) is 53.6 Å². The predicted octanol–water partition coefficient (Wildman–Crippen LogP) is 2.46. The molecular weight excluding hydrogens is 403 g/mol. The fourth-order valence-corrected chi connectivity index (χ4v) is 3.43. The van der Waals surface area contributed by atoms with Gasteiger partial charge in [0, 0.05) is 44.4 Å². The van der Waals surface area contributed by atoms with E-state index in [2.05, 4.69) is 0 Å². The summed E-state index contributed by atoms with van der Waals surface area (Å²) < 4.78 is 29.3. The second-order valence-electron chi connectivity index (χ2n) is 7.22. The van der Waals surface area contributed by atoms with Gasteiger partial charge in [0.15, 0.2) is 0 Å². The topological polar surface area (TPSA) is 68.3 Å². The molecular formula is C23H27FN2O5. The van der Waals surface area contributed by atoms with Gasteiger partial charge in [0.25, 0.3) is 11.8 Å². The Morgan fingerprint density at radius 2 is 1.77 bits per heavy atom. The average Bonchev–Trinajstić information content (AvgIpc) is 2.81. The summed E-state index contributed by atoms with van der Waals surface area (Å²) >= 11 is 0. The van der Waals surface area contributed by atoms with E-state index in [1.165, 1.54) is 24.3 Å². The van der Waals surface area contributed by atoms with Crippen LogP contribution in [0.1, 0.15) is 20.7 Å². The smallest absolute Gasteiger partial charge is 0.254 e. The molecule has 1 fully saturated rings. The van der Waals surface area contributed by atoms with Crippen molar-refractivity contribution in [1.82, 2.24) is 9.80 Å². The van der Waals surface area contributed by atoms with Crippen molar-refractivity contribution >= 4 is 11.8 Å². The Labute approximate surface area is 181 Å². The minimum atomic E-state index is -0.387. The van der Waals surface area contributed by atoms with E-state index < -0.39 is 0 Å². The molecule has 2 aromatic carbocycles. The van der Waals surface area contributed by atoms with E-state index in [0.717, 1.165) is 0 Å². The molecule has 0 saturated carbocycles. The van der Waals surface area contributed by atoms with Crippen LogP contribution in [0.15, 0.2) is 48.5 Å². The molecule has 2 aromatic rings. The maximum absolute atomic E-state index is 13.2. The Morgan fingerprint density at radius 1 is 1.10 bits per heavy atom. The Bertz CT molecular complexity index is 873. The zero-order valence-corrected chi connectivity index (χ0v) is 17.8. The van der Waals surface area contributed by atoms with E-state index in [1.807, 2.05) is 0 Å². The van der Waals surface area contributed by atoms with Crippen molar-refractivity contribution in [2.45, 2.75) is 6.10 Å². The molecule has 166 valence electrons. The van der Waals surface area contributed by atoms with Gasteiger partial charge in [-0.3, -0.25) is 9.59 Å². The number of carbonyl (C=O) groups is 2. The predicted molar refractivity (Wildman–Crippen MR) is 113 cm³/mol. The van der Waals surface area contributed by atoms with Gasteiger partial charge in [0.1, 0.15) is 11.6 Å². The first-order valence-corrected chi connectivity index (χ1v) is 10.1. The molecule has 0 aromatic heterocycles. The van der Waals surface area contributed by atoms with Gasteiger partial charge in [-0.2, -0.15) is 0 Å². The number of hydrogen-bond donors (Lipinski definition) is 0. The van der Waals surface area contributed by atoms with E-state index in [0.29, 0.717) is 56.3 Å². The molecule has 31 heavy (non-hydrogen) atoms. The molecule has 0 bridgehead atoms. The Morgan fingerprint density at radius 3 is 2.42 bits per heavy atom. The van der Waals surface area contributed by atoms with Crippen LogP contribution in [0.5, 0.6) is 5.75 Å². The lowest BCUT2D eigenvalue weighted by molar-refractivity contribution is -0.0347. The summed E-state index contributed by atoms with van der Waals surface area (Å²) in [6, 6.07) is 12.4. The Balaban J connectivity index is 1.67. The lowest BCUT2D eigenvalue weighted by Gasteiger charge is -2.36. The number of ether oxygens (including phenoxy) is 3. The highest BCUT2D eigenvalue weighted by atomic mass is 19.1. The van der Waals surface area contributed by atoms with Crippen molar-refractivity contribution in [1.29, 1.82) is 0 Å². The fourth-order valence-electron chi connectivity index (χ4n) is 3.43. The van der Waals surface area contributed by atoms with Gasteiger partial charge < -0.3 is 24.0 Å². The van der Waals surface area contributed by atoms with Crippen molar-refractivity contribution in [2.24, 2.45) is 0 Å². The number of benzene rings is 2. The lowest BCUT2D eigenvalue weighted by Crippen LogP contribution is -2.51. The number of rotatable bonds is 8. The molecule has 1 unspecified atom stereocenters. The summed E-state index contributed by atoms with van der Waals surface area (Å²) in [6.07, 6.45) is -0.336. The number of amides is 2. The molecule has 0 aliphatic carbocycles. The highest BCUT2D eigenvalue weighted by Crippen LogP contribution is 2.16. The summed E-state index contributed by atoms with van der Waals surface area (Å²) in [6.45, 7) is 2.25. The summed E-state index contributed by atoms with van der Waals surface area (Å²) in [5.41, 5.74) is 0.958. The third-order valence-electron chi connectivity index (χ3n) is 5.13. The van der Waals surface area contributed by atoms with Crippen molar-refractivity contribution in [3.05, 3.63) is 65.5 Å². The van der Waals surface area contributed by atoms with Crippen LogP contribution >= 0.6 is 0 Å². The average molecular weight is 430 g/mol. The number of halogens is 1. The molecule has 1 aliphatic rings. The summed E-state index contributed by atoms with van der Waals surface area (Å²) in [5.74, 6) is -0.0451. The molecule has 1 aliphatic heterocycles. The van der Waals surface area contributed by atoms with Gasteiger partial charge in [0.2, 0.25) is 0 Å². The molecule has 3 rings (SSSR count). The normalized spacial score (nSPS) is 16.1. The largest absolute Gasteiger partial charge is 0.497 e. The molecule has 7 nitrogen and oxygen atoms in total. The van der Waals surface area contributed by atoms with Crippen LogP contribution in [0.4, 0.5) is 4.39 Å². The molecule has 1 saturated heterocycles. The third-order valence-corrected chi connectivity index (χ3v) is 5.13. The SMILES string of the molecule is COCCN(CC1CN(C(=O)c2ccc(F)cc2)CCO1)C(=O)c1ccc(OC)cc1.